The molecule has 106 valence electrons. The standard InChI is InChI=1S/C18H21FO/c1-13-4-3-5-15(10-13)7-9-18(20)12-16-11-17(19)8-6-14(16)2/h3-6,8,10-11,18,20H,7,9,12H2,1-2H3. The van der Waals surface area contributed by atoms with E-state index in [0.717, 1.165) is 17.5 Å². The van der Waals surface area contributed by atoms with Crippen molar-refractivity contribution in [3.63, 3.8) is 0 Å². The Morgan fingerprint density at radius 3 is 2.65 bits per heavy atom. The van der Waals surface area contributed by atoms with Crippen LogP contribution < -0.4 is 0 Å². The van der Waals surface area contributed by atoms with Crippen LogP contribution in [0.1, 0.15) is 28.7 Å². The van der Waals surface area contributed by atoms with E-state index in [9.17, 15) is 9.50 Å². The first-order chi connectivity index (χ1) is 9.54. The van der Waals surface area contributed by atoms with Gasteiger partial charge in [-0.25, -0.2) is 4.39 Å². The molecule has 0 saturated heterocycles. The third kappa shape index (κ3) is 4.17. The fourth-order valence-corrected chi connectivity index (χ4v) is 2.42. The number of aliphatic hydroxyl groups excluding tert-OH is 1. The van der Waals surface area contributed by atoms with Gasteiger partial charge in [-0.2, -0.15) is 0 Å². The van der Waals surface area contributed by atoms with Gasteiger partial charge in [-0.05, 0) is 61.9 Å². The summed E-state index contributed by atoms with van der Waals surface area (Å²) in [6.45, 7) is 4.01. The molecule has 1 nitrogen and oxygen atoms in total. The Kier molecular flexibility index (Phi) is 4.91. The van der Waals surface area contributed by atoms with Gasteiger partial charge in [0.1, 0.15) is 5.82 Å². The molecule has 0 spiro atoms. The molecule has 0 radical (unpaired) electrons. The van der Waals surface area contributed by atoms with E-state index in [0.29, 0.717) is 12.8 Å². The summed E-state index contributed by atoms with van der Waals surface area (Å²) in [6.07, 6.45) is 1.61. The van der Waals surface area contributed by atoms with Crippen molar-refractivity contribution in [3.05, 3.63) is 70.5 Å². The fourth-order valence-electron chi connectivity index (χ4n) is 2.42. The number of hydrogen-bond donors (Lipinski definition) is 1. The van der Waals surface area contributed by atoms with Crippen LogP contribution in [0.25, 0.3) is 0 Å². The Morgan fingerprint density at radius 2 is 1.90 bits per heavy atom. The van der Waals surface area contributed by atoms with Gasteiger partial charge in [0.25, 0.3) is 0 Å². The molecule has 0 aliphatic carbocycles. The summed E-state index contributed by atoms with van der Waals surface area (Å²) in [5.41, 5.74) is 4.39. The maximum absolute atomic E-state index is 13.2. The van der Waals surface area contributed by atoms with Crippen LogP contribution in [0.3, 0.4) is 0 Å². The Balaban J connectivity index is 1.92. The highest BCUT2D eigenvalue weighted by Crippen LogP contribution is 2.15. The highest BCUT2D eigenvalue weighted by Gasteiger charge is 2.09. The molecule has 0 heterocycles. The zero-order valence-corrected chi connectivity index (χ0v) is 12.1. The van der Waals surface area contributed by atoms with Gasteiger partial charge in [0, 0.05) is 0 Å². The minimum atomic E-state index is -0.434. The van der Waals surface area contributed by atoms with Gasteiger partial charge in [-0.1, -0.05) is 35.9 Å². The van der Waals surface area contributed by atoms with Crippen molar-refractivity contribution in [3.8, 4) is 0 Å². The molecule has 0 bridgehead atoms. The van der Waals surface area contributed by atoms with Crippen molar-refractivity contribution in [2.75, 3.05) is 0 Å². The first-order valence-corrected chi connectivity index (χ1v) is 7.03. The third-order valence-corrected chi connectivity index (χ3v) is 3.62. The smallest absolute Gasteiger partial charge is 0.123 e. The molecular weight excluding hydrogens is 251 g/mol. The van der Waals surface area contributed by atoms with Crippen LogP contribution in [0, 0.1) is 19.7 Å². The predicted octanol–water partition coefficient (Wildman–Crippen LogP) is 3.98. The van der Waals surface area contributed by atoms with E-state index < -0.39 is 6.10 Å². The highest BCUT2D eigenvalue weighted by atomic mass is 19.1. The zero-order chi connectivity index (χ0) is 14.5. The molecule has 0 amide bonds. The Morgan fingerprint density at radius 1 is 1.10 bits per heavy atom. The van der Waals surface area contributed by atoms with Crippen molar-refractivity contribution in [1.82, 2.24) is 0 Å². The van der Waals surface area contributed by atoms with E-state index in [1.54, 1.807) is 6.07 Å². The molecule has 1 N–H and O–H groups in total. The van der Waals surface area contributed by atoms with Gasteiger partial charge < -0.3 is 5.11 Å². The van der Waals surface area contributed by atoms with Crippen molar-refractivity contribution in [1.29, 1.82) is 0 Å². The Hall–Kier alpha value is -1.67. The van der Waals surface area contributed by atoms with Crippen LogP contribution in [0.4, 0.5) is 4.39 Å². The molecule has 0 aliphatic heterocycles. The van der Waals surface area contributed by atoms with E-state index in [1.807, 2.05) is 13.0 Å². The second-order valence-corrected chi connectivity index (χ2v) is 5.46. The summed E-state index contributed by atoms with van der Waals surface area (Å²) in [6, 6.07) is 13.1. The van der Waals surface area contributed by atoms with Gasteiger partial charge in [-0.15, -0.1) is 0 Å². The van der Waals surface area contributed by atoms with E-state index in [4.69, 9.17) is 0 Å². The largest absolute Gasteiger partial charge is 0.393 e. The highest BCUT2D eigenvalue weighted by molar-refractivity contribution is 5.27. The molecule has 20 heavy (non-hydrogen) atoms. The third-order valence-electron chi connectivity index (χ3n) is 3.62. The summed E-state index contributed by atoms with van der Waals surface area (Å²) >= 11 is 0. The van der Waals surface area contributed by atoms with Crippen molar-refractivity contribution < 1.29 is 9.50 Å². The average Bonchev–Trinajstić information content (AvgIpc) is 2.41. The molecule has 2 aromatic rings. The second kappa shape index (κ2) is 6.67. The quantitative estimate of drug-likeness (QED) is 0.873. The van der Waals surface area contributed by atoms with Crippen LogP contribution in [-0.2, 0) is 12.8 Å². The number of aryl methyl sites for hydroxylation is 3. The normalized spacial score (nSPS) is 12.4. The number of benzene rings is 2. The van der Waals surface area contributed by atoms with Crippen molar-refractivity contribution in [2.24, 2.45) is 0 Å². The first kappa shape index (κ1) is 14.7. The Labute approximate surface area is 120 Å². The molecule has 0 aromatic heterocycles. The van der Waals surface area contributed by atoms with E-state index in [-0.39, 0.29) is 5.82 Å². The lowest BCUT2D eigenvalue weighted by molar-refractivity contribution is 0.165. The van der Waals surface area contributed by atoms with Crippen LogP contribution >= 0.6 is 0 Å². The lowest BCUT2D eigenvalue weighted by Gasteiger charge is -2.13. The molecule has 0 aliphatic rings. The van der Waals surface area contributed by atoms with Gasteiger partial charge in [0.15, 0.2) is 0 Å². The lowest BCUT2D eigenvalue weighted by atomic mass is 9.98. The molecule has 2 aromatic carbocycles. The summed E-state index contributed by atoms with van der Waals surface area (Å²) in [7, 11) is 0. The molecule has 1 atom stereocenters. The van der Waals surface area contributed by atoms with Crippen LogP contribution in [0.15, 0.2) is 42.5 Å². The SMILES string of the molecule is Cc1cccc(CCC(O)Cc2cc(F)ccc2C)c1. The van der Waals surface area contributed by atoms with Crippen LogP contribution in [0.2, 0.25) is 0 Å². The Bertz CT molecular complexity index is 577. The molecule has 0 fully saturated rings. The van der Waals surface area contributed by atoms with E-state index in [2.05, 4.69) is 25.1 Å². The topological polar surface area (TPSA) is 20.2 Å². The predicted molar refractivity (Wildman–Crippen MR) is 80.3 cm³/mol. The van der Waals surface area contributed by atoms with Gasteiger partial charge in [-0.3, -0.25) is 0 Å². The second-order valence-electron chi connectivity index (χ2n) is 5.46. The minimum absolute atomic E-state index is 0.239. The molecule has 2 rings (SSSR count). The van der Waals surface area contributed by atoms with Crippen molar-refractivity contribution >= 4 is 0 Å². The minimum Gasteiger partial charge on any atom is -0.393 e. The molecule has 1 unspecified atom stereocenters. The van der Waals surface area contributed by atoms with Crippen LogP contribution in [0.5, 0.6) is 0 Å². The average molecular weight is 272 g/mol. The van der Waals surface area contributed by atoms with Gasteiger partial charge >= 0.3 is 0 Å². The number of halogens is 1. The fraction of sp³-hybridized carbons (Fsp3) is 0.333. The first-order valence-electron chi connectivity index (χ1n) is 7.03. The van der Waals surface area contributed by atoms with Gasteiger partial charge in [0.2, 0.25) is 0 Å². The van der Waals surface area contributed by atoms with Gasteiger partial charge in [0.05, 0.1) is 6.10 Å². The summed E-state index contributed by atoms with van der Waals surface area (Å²) in [5.74, 6) is -0.239. The summed E-state index contributed by atoms with van der Waals surface area (Å²) in [5, 5.41) is 10.1. The number of aliphatic hydroxyl groups is 1. The molecular formula is C18H21FO. The summed E-state index contributed by atoms with van der Waals surface area (Å²) in [4.78, 5) is 0. The van der Waals surface area contributed by atoms with Crippen LogP contribution in [-0.4, -0.2) is 11.2 Å². The number of rotatable bonds is 5. The summed E-state index contributed by atoms with van der Waals surface area (Å²) < 4.78 is 13.2. The lowest BCUT2D eigenvalue weighted by Crippen LogP contribution is -2.12. The molecule has 0 saturated carbocycles. The van der Waals surface area contributed by atoms with Crippen molar-refractivity contribution in [2.45, 2.75) is 39.2 Å². The number of hydrogen-bond acceptors (Lipinski definition) is 1. The maximum Gasteiger partial charge on any atom is 0.123 e. The zero-order valence-electron chi connectivity index (χ0n) is 12.1. The molecule has 2 heteroatoms. The van der Waals surface area contributed by atoms with E-state index >= 15 is 0 Å². The maximum atomic E-state index is 13.2. The monoisotopic (exact) mass is 272 g/mol. The van der Waals surface area contributed by atoms with E-state index in [1.165, 1.54) is 23.3 Å².